The summed E-state index contributed by atoms with van der Waals surface area (Å²) < 4.78 is 16.6. The lowest BCUT2D eigenvalue weighted by molar-refractivity contribution is -0.166. The fraction of sp³-hybridized carbons (Fsp3) is 0.685. The van der Waals surface area contributed by atoms with Gasteiger partial charge in [0.1, 0.15) is 13.2 Å². The first kappa shape index (κ1) is 56.6. The third-order valence-electron chi connectivity index (χ3n) is 10.1. The molecule has 6 nitrogen and oxygen atoms in total. The molecule has 0 fully saturated rings. The zero-order valence-corrected chi connectivity index (χ0v) is 38.9. The van der Waals surface area contributed by atoms with Crippen LogP contribution in [0.2, 0.25) is 0 Å². The maximum absolute atomic E-state index is 12.7. The van der Waals surface area contributed by atoms with E-state index in [0.29, 0.717) is 25.7 Å². The van der Waals surface area contributed by atoms with Gasteiger partial charge in [-0.2, -0.15) is 0 Å². The van der Waals surface area contributed by atoms with Crippen molar-refractivity contribution in [3.63, 3.8) is 0 Å². The van der Waals surface area contributed by atoms with E-state index in [4.69, 9.17) is 14.2 Å². The second-order valence-electron chi connectivity index (χ2n) is 16.0. The van der Waals surface area contributed by atoms with Crippen LogP contribution in [0.3, 0.4) is 0 Å². The average Bonchev–Trinajstić information content (AvgIpc) is 3.24. The molecule has 0 aliphatic heterocycles. The largest absolute Gasteiger partial charge is 0.462 e. The lowest BCUT2D eigenvalue weighted by Crippen LogP contribution is -2.30. The van der Waals surface area contributed by atoms with Gasteiger partial charge in [-0.05, 0) is 77.0 Å². The van der Waals surface area contributed by atoms with Crippen LogP contribution in [0.1, 0.15) is 220 Å². The van der Waals surface area contributed by atoms with Crippen molar-refractivity contribution in [1.29, 1.82) is 0 Å². The molecule has 1 atom stereocenters. The summed E-state index contributed by atoms with van der Waals surface area (Å²) >= 11 is 0. The molecule has 0 rings (SSSR count). The molecule has 0 amide bonds. The van der Waals surface area contributed by atoms with Gasteiger partial charge in [-0.1, -0.05) is 209 Å². The molecule has 0 spiro atoms. The molecule has 0 aliphatic carbocycles. The quantitative estimate of drug-likeness (QED) is 0.0263. The molecule has 0 aliphatic rings. The van der Waals surface area contributed by atoms with Crippen LogP contribution in [-0.2, 0) is 28.6 Å². The Balaban J connectivity index is 4.47. The molecular formula is C54H90O6. The Morgan fingerprint density at radius 2 is 0.700 bits per heavy atom. The van der Waals surface area contributed by atoms with Gasteiger partial charge < -0.3 is 14.2 Å². The van der Waals surface area contributed by atoms with Gasteiger partial charge in [-0.15, -0.1) is 0 Å². The van der Waals surface area contributed by atoms with Gasteiger partial charge in [0.2, 0.25) is 0 Å². The van der Waals surface area contributed by atoms with Crippen molar-refractivity contribution in [2.75, 3.05) is 13.2 Å². The van der Waals surface area contributed by atoms with Crippen LogP contribution < -0.4 is 0 Å². The van der Waals surface area contributed by atoms with Crippen molar-refractivity contribution >= 4 is 17.9 Å². The highest BCUT2D eigenvalue weighted by atomic mass is 16.6. The van der Waals surface area contributed by atoms with Crippen molar-refractivity contribution in [1.82, 2.24) is 0 Å². The minimum Gasteiger partial charge on any atom is -0.462 e. The molecular weight excluding hydrogens is 745 g/mol. The van der Waals surface area contributed by atoms with Gasteiger partial charge >= 0.3 is 17.9 Å². The molecule has 6 heteroatoms. The van der Waals surface area contributed by atoms with Gasteiger partial charge in [0.15, 0.2) is 6.10 Å². The molecule has 342 valence electrons. The van der Waals surface area contributed by atoms with E-state index < -0.39 is 6.10 Å². The Kier molecular flexibility index (Phi) is 45.5. The predicted molar refractivity (Wildman–Crippen MR) is 256 cm³/mol. The monoisotopic (exact) mass is 835 g/mol. The van der Waals surface area contributed by atoms with E-state index in [1.54, 1.807) is 0 Å². The molecule has 1 unspecified atom stereocenters. The van der Waals surface area contributed by atoms with Gasteiger partial charge in [-0.3, -0.25) is 14.4 Å². The number of esters is 3. The molecule has 0 saturated carbocycles. The molecule has 60 heavy (non-hydrogen) atoms. The van der Waals surface area contributed by atoms with E-state index in [-0.39, 0.29) is 37.5 Å². The zero-order valence-electron chi connectivity index (χ0n) is 38.9. The van der Waals surface area contributed by atoms with Crippen molar-refractivity contribution in [3.8, 4) is 0 Å². The van der Waals surface area contributed by atoms with Crippen LogP contribution >= 0.6 is 0 Å². The Bertz CT molecular complexity index is 1190. The SMILES string of the molecule is CC/C=C\C/C=C\C/C=C\C/C=C\C/C=C\C/C=C\CCC(=O)OCC(COC(=O)CCC/C=C\CCCCCC)OC(=O)CCCCCCCCCCCCCCCC. The standard InChI is InChI=1S/C54H90O6/c1-4-7-10-13-16-19-21-23-25-26-27-28-29-31-32-35-38-41-44-47-53(56)59-50-51(49-58-52(55)46-43-40-37-34-18-15-12-9-6-3)60-54(57)48-45-42-39-36-33-30-24-22-20-17-14-11-8-5-2/h7,10,16,19,23,25,27-28,31-32,34,37-38,41,51H,4-6,8-9,11-15,17-18,20-22,24,26,29-30,33,35-36,39-40,42-50H2,1-3H3/b10-7-,19-16-,25-23-,28-27-,32-31-,37-34-,41-38-. The fourth-order valence-corrected chi connectivity index (χ4v) is 6.47. The zero-order chi connectivity index (χ0) is 43.7. The van der Waals surface area contributed by atoms with Crippen LogP contribution in [0, 0.1) is 0 Å². The summed E-state index contributed by atoms with van der Waals surface area (Å²) in [5.41, 5.74) is 0. The first-order valence-electron chi connectivity index (χ1n) is 24.6. The number of ether oxygens (including phenoxy) is 3. The summed E-state index contributed by atoms with van der Waals surface area (Å²) in [4.78, 5) is 37.8. The first-order valence-corrected chi connectivity index (χ1v) is 24.6. The van der Waals surface area contributed by atoms with Crippen molar-refractivity contribution in [2.24, 2.45) is 0 Å². The van der Waals surface area contributed by atoms with Crippen LogP contribution in [-0.4, -0.2) is 37.2 Å². The number of unbranched alkanes of at least 4 members (excludes halogenated alkanes) is 18. The van der Waals surface area contributed by atoms with E-state index in [2.05, 4.69) is 93.7 Å². The summed E-state index contributed by atoms with van der Waals surface area (Å²) in [6.07, 6.45) is 61.6. The fourth-order valence-electron chi connectivity index (χ4n) is 6.47. The van der Waals surface area contributed by atoms with Gasteiger partial charge in [0, 0.05) is 19.3 Å². The smallest absolute Gasteiger partial charge is 0.306 e. The summed E-state index contributed by atoms with van der Waals surface area (Å²) in [7, 11) is 0. The Labute approximate surface area is 369 Å². The highest BCUT2D eigenvalue weighted by molar-refractivity contribution is 5.71. The number of carbonyl (C=O) groups is 3. The normalized spacial score (nSPS) is 12.8. The van der Waals surface area contributed by atoms with E-state index in [1.165, 1.54) is 96.3 Å². The van der Waals surface area contributed by atoms with E-state index in [0.717, 1.165) is 70.6 Å². The van der Waals surface area contributed by atoms with Crippen LogP contribution in [0.5, 0.6) is 0 Å². The molecule has 0 aromatic rings. The average molecular weight is 835 g/mol. The Hall–Kier alpha value is -3.41. The van der Waals surface area contributed by atoms with Gasteiger partial charge in [0.25, 0.3) is 0 Å². The minimum absolute atomic E-state index is 0.114. The van der Waals surface area contributed by atoms with Crippen molar-refractivity contribution in [2.45, 2.75) is 226 Å². The first-order chi connectivity index (χ1) is 29.5. The number of hydrogen-bond donors (Lipinski definition) is 0. The van der Waals surface area contributed by atoms with Crippen molar-refractivity contribution < 1.29 is 28.6 Å². The second kappa shape index (κ2) is 48.3. The number of carbonyl (C=O) groups excluding carboxylic acids is 3. The Morgan fingerprint density at radius 3 is 1.17 bits per heavy atom. The molecule has 0 aromatic heterocycles. The second-order valence-corrected chi connectivity index (χ2v) is 16.0. The number of rotatable bonds is 43. The summed E-state index contributed by atoms with van der Waals surface area (Å²) in [5, 5.41) is 0. The topological polar surface area (TPSA) is 78.9 Å². The minimum atomic E-state index is -0.814. The van der Waals surface area contributed by atoms with Gasteiger partial charge in [-0.25, -0.2) is 0 Å². The highest BCUT2D eigenvalue weighted by Crippen LogP contribution is 2.14. The lowest BCUT2D eigenvalue weighted by atomic mass is 10.0. The molecule has 0 N–H and O–H groups in total. The maximum atomic E-state index is 12.7. The molecule has 0 radical (unpaired) electrons. The number of allylic oxidation sites excluding steroid dienone is 14. The predicted octanol–water partition coefficient (Wildman–Crippen LogP) is 16.0. The highest BCUT2D eigenvalue weighted by Gasteiger charge is 2.19. The lowest BCUT2D eigenvalue weighted by Gasteiger charge is -2.18. The molecule has 0 heterocycles. The van der Waals surface area contributed by atoms with E-state index >= 15 is 0 Å². The number of hydrogen-bond acceptors (Lipinski definition) is 6. The third kappa shape index (κ3) is 45.7. The van der Waals surface area contributed by atoms with Crippen LogP contribution in [0.15, 0.2) is 85.1 Å². The summed E-state index contributed by atoms with van der Waals surface area (Å²) in [6, 6.07) is 0. The maximum Gasteiger partial charge on any atom is 0.306 e. The summed E-state index contributed by atoms with van der Waals surface area (Å²) in [5.74, 6) is -1.04. The summed E-state index contributed by atoms with van der Waals surface area (Å²) in [6.45, 7) is 6.39. The van der Waals surface area contributed by atoms with Crippen molar-refractivity contribution in [3.05, 3.63) is 85.1 Å². The van der Waals surface area contributed by atoms with Crippen LogP contribution in [0.25, 0.3) is 0 Å². The third-order valence-corrected chi connectivity index (χ3v) is 10.1. The van der Waals surface area contributed by atoms with Gasteiger partial charge in [0.05, 0.1) is 0 Å². The van der Waals surface area contributed by atoms with Crippen LogP contribution in [0.4, 0.5) is 0 Å². The van der Waals surface area contributed by atoms with E-state index in [9.17, 15) is 14.4 Å². The molecule has 0 bridgehead atoms. The van der Waals surface area contributed by atoms with E-state index in [1.807, 2.05) is 12.2 Å². The molecule has 0 aromatic carbocycles. The Morgan fingerprint density at radius 1 is 0.350 bits per heavy atom. The molecule has 0 saturated heterocycles.